The molecule has 0 unspecified atom stereocenters. The number of nitrogens with two attached hydrogens (primary N) is 2. The lowest BCUT2D eigenvalue weighted by Gasteiger charge is -2.35. The number of rotatable bonds is 9. The number of piperazine rings is 1. The summed E-state index contributed by atoms with van der Waals surface area (Å²) in [4.78, 5) is 25.3. The number of ether oxygens (including phenoxy) is 3. The normalized spacial score (nSPS) is 14.3. The van der Waals surface area contributed by atoms with E-state index in [0.29, 0.717) is 37.1 Å². The highest BCUT2D eigenvalue weighted by Crippen LogP contribution is 2.38. The minimum atomic E-state index is -0.698. The molecular weight excluding hydrogens is 493 g/mol. The van der Waals surface area contributed by atoms with Crippen LogP contribution in [0, 0.1) is 17.1 Å². The average Bonchev–Trinajstić information content (AvgIpc) is 2.94. The number of nitrogen functional groups attached to an aromatic ring is 1. The number of amides is 1. The van der Waals surface area contributed by atoms with Crippen molar-refractivity contribution >= 4 is 28.6 Å². The number of fused-ring (bicyclic) bond motifs is 1. The quantitative estimate of drug-likeness (QED) is 0.398. The molecule has 1 amide bonds. The predicted molar refractivity (Wildman–Crippen MR) is 139 cm³/mol. The zero-order valence-electron chi connectivity index (χ0n) is 21.3. The summed E-state index contributed by atoms with van der Waals surface area (Å²) in [5.74, 6) is -0.288. The lowest BCUT2D eigenvalue weighted by molar-refractivity contribution is -0.131. The van der Waals surface area contributed by atoms with Crippen LogP contribution in [0.25, 0.3) is 10.9 Å². The lowest BCUT2D eigenvalue weighted by atomic mass is 10.0. The van der Waals surface area contributed by atoms with Crippen LogP contribution in [0.5, 0.6) is 11.5 Å². The number of nitrogens with zero attached hydrogens (tertiary/aromatic N) is 5. The Bertz CT molecular complexity index is 1340. The Labute approximate surface area is 219 Å². The third-order valence-electron chi connectivity index (χ3n) is 6.40. The first kappa shape index (κ1) is 26.8. The summed E-state index contributed by atoms with van der Waals surface area (Å²) in [6.45, 7) is 2.15. The highest BCUT2D eigenvalue weighted by atomic mass is 19.1. The summed E-state index contributed by atoms with van der Waals surface area (Å²) in [5, 5.41) is 9.26. The van der Waals surface area contributed by atoms with E-state index in [2.05, 4.69) is 16.0 Å². The van der Waals surface area contributed by atoms with E-state index in [1.165, 1.54) is 14.2 Å². The number of aromatic nitrogens is 2. The number of carbonyl (C=O) groups excluding carboxylic acids is 1. The second kappa shape index (κ2) is 11.9. The second-order valence-corrected chi connectivity index (χ2v) is 8.78. The summed E-state index contributed by atoms with van der Waals surface area (Å²) in [6, 6.07) is 10.0. The highest BCUT2D eigenvalue weighted by Gasteiger charge is 2.26. The van der Waals surface area contributed by atoms with Gasteiger partial charge in [-0.05, 0) is 23.8 Å². The number of nitriles is 1. The molecular formula is C26H30FN7O4. The topological polar surface area (TPSA) is 153 Å². The molecule has 4 N–H and O–H groups in total. The zero-order valence-corrected chi connectivity index (χ0v) is 21.3. The van der Waals surface area contributed by atoms with Gasteiger partial charge in [-0.15, -0.1) is 0 Å². The van der Waals surface area contributed by atoms with Crippen LogP contribution < -0.4 is 25.8 Å². The number of hydrogen-bond donors (Lipinski definition) is 2. The molecule has 1 fully saturated rings. The molecule has 0 aliphatic carbocycles. The molecule has 0 bridgehead atoms. The van der Waals surface area contributed by atoms with Crippen LogP contribution in [0.1, 0.15) is 23.6 Å². The van der Waals surface area contributed by atoms with Gasteiger partial charge in [-0.1, -0.05) is 12.1 Å². The van der Waals surface area contributed by atoms with E-state index < -0.39 is 11.9 Å². The van der Waals surface area contributed by atoms with Gasteiger partial charge in [0.15, 0.2) is 17.3 Å². The van der Waals surface area contributed by atoms with E-state index in [1.807, 2.05) is 4.90 Å². The van der Waals surface area contributed by atoms with E-state index >= 15 is 4.39 Å². The molecule has 11 nitrogen and oxygen atoms in total. The van der Waals surface area contributed by atoms with Crippen LogP contribution in [0.2, 0.25) is 0 Å². The molecule has 2 aromatic carbocycles. The summed E-state index contributed by atoms with van der Waals surface area (Å²) >= 11 is 0. The number of halogens is 1. The minimum Gasteiger partial charge on any atom is -0.493 e. The molecule has 1 aliphatic heterocycles. The van der Waals surface area contributed by atoms with Crippen molar-refractivity contribution in [2.24, 2.45) is 5.73 Å². The van der Waals surface area contributed by atoms with Gasteiger partial charge in [0.1, 0.15) is 17.9 Å². The molecule has 1 atom stereocenters. The van der Waals surface area contributed by atoms with Gasteiger partial charge in [-0.3, -0.25) is 4.79 Å². The monoisotopic (exact) mass is 523 g/mol. The van der Waals surface area contributed by atoms with E-state index in [9.17, 15) is 4.79 Å². The molecule has 2 heterocycles. The molecule has 0 saturated carbocycles. The molecule has 0 radical (unpaired) electrons. The van der Waals surface area contributed by atoms with Crippen molar-refractivity contribution in [2.45, 2.75) is 12.5 Å². The Morgan fingerprint density at radius 3 is 2.50 bits per heavy atom. The summed E-state index contributed by atoms with van der Waals surface area (Å²) in [5.41, 5.74) is 13.8. The van der Waals surface area contributed by atoms with Crippen molar-refractivity contribution in [3.05, 3.63) is 47.3 Å². The Morgan fingerprint density at radius 1 is 1.16 bits per heavy atom. The van der Waals surface area contributed by atoms with Gasteiger partial charge in [0.05, 0.1) is 25.3 Å². The molecule has 3 aromatic rings. The maximum atomic E-state index is 15.5. The first-order valence-corrected chi connectivity index (χ1v) is 12.1. The van der Waals surface area contributed by atoms with E-state index in [-0.39, 0.29) is 54.3 Å². The number of benzene rings is 2. The number of anilines is 2. The van der Waals surface area contributed by atoms with E-state index in [0.717, 1.165) is 5.56 Å². The van der Waals surface area contributed by atoms with Crippen molar-refractivity contribution in [2.75, 3.05) is 64.2 Å². The zero-order chi connectivity index (χ0) is 27.2. The van der Waals surface area contributed by atoms with Gasteiger partial charge in [0, 0.05) is 51.1 Å². The van der Waals surface area contributed by atoms with Crippen LogP contribution in [0.15, 0.2) is 30.3 Å². The van der Waals surface area contributed by atoms with E-state index in [4.69, 9.17) is 30.9 Å². The third-order valence-corrected chi connectivity index (χ3v) is 6.40. The lowest BCUT2D eigenvalue weighted by Crippen LogP contribution is -2.49. The fraction of sp³-hybridized carbons (Fsp3) is 0.385. The Balaban J connectivity index is 1.45. The van der Waals surface area contributed by atoms with Crippen LogP contribution >= 0.6 is 0 Å². The minimum absolute atomic E-state index is 0.0209. The summed E-state index contributed by atoms with van der Waals surface area (Å²) in [7, 11) is 2.93. The first-order chi connectivity index (χ1) is 18.4. The Kier molecular flexibility index (Phi) is 8.40. The molecule has 1 aromatic heterocycles. The van der Waals surface area contributed by atoms with Gasteiger partial charge >= 0.3 is 0 Å². The summed E-state index contributed by atoms with van der Waals surface area (Å²) in [6.07, 6.45) is 0.143. The van der Waals surface area contributed by atoms with Crippen molar-refractivity contribution in [3.8, 4) is 17.6 Å². The van der Waals surface area contributed by atoms with E-state index in [1.54, 1.807) is 35.2 Å². The standard InChI is InChI=1S/C26H30FN7O4/c1-36-11-12-38-24-20(37-2)13-18-23(22(24)27)31-26(32-25(18)30)34-9-7-33(8-10-34)21(35)14-19(29)17-5-3-16(15-28)4-6-17/h3-6,13,19H,7-12,14,29H2,1-2H3,(H2,30,31,32)/t19-/m1/s1. The van der Waals surface area contributed by atoms with Gasteiger partial charge < -0.3 is 35.5 Å². The fourth-order valence-corrected chi connectivity index (χ4v) is 4.25. The number of methoxy groups -OCH3 is 2. The molecule has 38 heavy (non-hydrogen) atoms. The molecule has 1 aliphatic rings. The molecule has 1 saturated heterocycles. The van der Waals surface area contributed by atoms with Crippen molar-refractivity contribution in [1.29, 1.82) is 5.26 Å². The SMILES string of the molecule is COCCOc1c(OC)cc2c(N)nc(N3CCN(C(=O)C[C@@H](N)c4ccc(C#N)cc4)CC3)nc2c1F. The Morgan fingerprint density at radius 2 is 1.87 bits per heavy atom. The van der Waals surface area contributed by atoms with Gasteiger partial charge in [0.2, 0.25) is 11.9 Å². The van der Waals surface area contributed by atoms with Gasteiger partial charge in [-0.2, -0.15) is 10.2 Å². The van der Waals surface area contributed by atoms with Crippen molar-refractivity contribution < 1.29 is 23.4 Å². The van der Waals surface area contributed by atoms with Crippen LogP contribution in [-0.4, -0.2) is 74.4 Å². The van der Waals surface area contributed by atoms with Crippen LogP contribution in [-0.2, 0) is 9.53 Å². The summed E-state index contributed by atoms with van der Waals surface area (Å²) < 4.78 is 31.2. The smallest absolute Gasteiger partial charge is 0.228 e. The maximum Gasteiger partial charge on any atom is 0.228 e. The Hall–Kier alpha value is -4.21. The maximum absolute atomic E-state index is 15.5. The third kappa shape index (κ3) is 5.69. The molecule has 12 heteroatoms. The fourth-order valence-electron chi connectivity index (χ4n) is 4.25. The molecule has 0 spiro atoms. The highest BCUT2D eigenvalue weighted by molar-refractivity contribution is 5.92. The predicted octanol–water partition coefficient (Wildman–Crippen LogP) is 2.00. The van der Waals surface area contributed by atoms with Gasteiger partial charge in [-0.25, -0.2) is 9.37 Å². The molecule has 200 valence electrons. The van der Waals surface area contributed by atoms with Crippen molar-refractivity contribution in [3.63, 3.8) is 0 Å². The molecule has 4 rings (SSSR count). The second-order valence-electron chi connectivity index (χ2n) is 8.78. The van der Waals surface area contributed by atoms with Gasteiger partial charge in [0.25, 0.3) is 0 Å². The average molecular weight is 524 g/mol. The first-order valence-electron chi connectivity index (χ1n) is 12.1. The van der Waals surface area contributed by atoms with Crippen LogP contribution in [0.4, 0.5) is 16.2 Å². The largest absolute Gasteiger partial charge is 0.493 e. The number of carbonyl (C=O) groups is 1. The van der Waals surface area contributed by atoms with Crippen LogP contribution in [0.3, 0.4) is 0 Å². The van der Waals surface area contributed by atoms with Crippen molar-refractivity contribution in [1.82, 2.24) is 14.9 Å². The number of hydrogen-bond acceptors (Lipinski definition) is 10.